The number of amides is 1. The second kappa shape index (κ2) is 7.71. The Labute approximate surface area is 177 Å². The van der Waals surface area contributed by atoms with Crippen molar-refractivity contribution >= 4 is 91.2 Å². The lowest BCUT2D eigenvalue weighted by molar-refractivity contribution is -0.113. The fourth-order valence-corrected chi connectivity index (χ4v) is 5.71. The summed E-state index contributed by atoms with van der Waals surface area (Å²) in [5, 5.41) is 0. The van der Waals surface area contributed by atoms with Crippen molar-refractivity contribution in [3.8, 4) is 5.75 Å². The third-order valence-electron chi connectivity index (χ3n) is 3.34. The Bertz CT molecular complexity index is 853. The highest BCUT2D eigenvalue weighted by molar-refractivity contribution is 14.1. The molecule has 0 N–H and O–H groups in total. The van der Waals surface area contributed by atoms with E-state index in [0.717, 1.165) is 24.1 Å². The van der Waals surface area contributed by atoms with Crippen molar-refractivity contribution in [3.63, 3.8) is 0 Å². The average Bonchev–Trinajstić information content (AvgIpc) is 2.82. The number of hydrogen-bond donors (Lipinski definition) is 0. The summed E-state index contributed by atoms with van der Waals surface area (Å²) in [4.78, 5) is 15.0. The number of nitrogens with zero attached hydrogens (tertiary/aromatic N) is 1. The minimum atomic E-state index is -0.105. The van der Waals surface area contributed by atoms with Crippen molar-refractivity contribution in [1.29, 1.82) is 0 Å². The van der Waals surface area contributed by atoms with Crippen LogP contribution < -0.4 is 9.64 Å². The molecule has 0 unspecified atom stereocenters. The van der Waals surface area contributed by atoms with Gasteiger partial charge in [0.15, 0.2) is 4.32 Å². The van der Waals surface area contributed by atoms with Crippen LogP contribution in [0.25, 0.3) is 6.08 Å². The molecule has 2 aromatic carbocycles. The molecule has 0 atom stereocenters. The van der Waals surface area contributed by atoms with Crippen LogP contribution in [0.15, 0.2) is 47.4 Å². The second-order valence-corrected chi connectivity index (χ2v) is 8.95. The lowest BCUT2D eigenvalue weighted by atomic mass is 10.2. The minimum absolute atomic E-state index is 0.105. The highest BCUT2D eigenvalue weighted by Crippen LogP contribution is 2.38. The number of halogens is 2. The van der Waals surface area contributed by atoms with Crippen LogP contribution >= 0.6 is 69.2 Å². The third kappa shape index (κ3) is 3.63. The van der Waals surface area contributed by atoms with Gasteiger partial charge in [-0.2, -0.15) is 0 Å². The smallest absolute Gasteiger partial charge is 0.270 e. The molecule has 0 aromatic heterocycles. The predicted molar refractivity (Wildman–Crippen MR) is 121 cm³/mol. The van der Waals surface area contributed by atoms with Crippen LogP contribution in [0.5, 0.6) is 5.75 Å². The number of para-hydroxylation sites is 1. The Morgan fingerprint density at radius 2 is 1.92 bits per heavy atom. The first-order valence-electron chi connectivity index (χ1n) is 6.87. The monoisotopic (exact) mass is 579 g/mol. The lowest BCUT2D eigenvalue weighted by Crippen LogP contribution is -2.27. The van der Waals surface area contributed by atoms with E-state index >= 15 is 0 Å². The average molecular weight is 579 g/mol. The van der Waals surface area contributed by atoms with Gasteiger partial charge in [0.1, 0.15) is 5.75 Å². The van der Waals surface area contributed by atoms with Crippen molar-refractivity contribution in [3.05, 3.63) is 60.1 Å². The SMILES string of the molecule is COc1c(I)cc(I)cc1C=C1SC(=S)N(c2ccccc2)C1=O. The summed E-state index contributed by atoms with van der Waals surface area (Å²) in [7, 11) is 1.64. The van der Waals surface area contributed by atoms with Gasteiger partial charge < -0.3 is 4.74 Å². The summed E-state index contributed by atoms with van der Waals surface area (Å²) >= 11 is 11.2. The van der Waals surface area contributed by atoms with Gasteiger partial charge in [0.05, 0.1) is 21.3 Å². The molecule has 1 heterocycles. The largest absolute Gasteiger partial charge is 0.495 e. The van der Waals surface area contributed by atoms with Gasteiger partial charge >= 0.3 is 0 Å². The molecular weight excluding hydrogens is 568 g/mol. The van der Waals surface area contributed by atoms with E-state index in [0.29, 0.717) is 9.23 Å². The van der Waals surface area contributed by atoms with E-state index in [1.54, 1.807) is 12.0 Å². The highest BCUT2D eigenvalue weighted by atomic mass is 127. The highest BCUT2D eigenvalue weighted by Gasteiger charge is 2.33. The molecule has 0 aliphatic carbocycles. The van der Waals surface area contributed by atoms with Crippen LogP contribution in [-0.4, -0.2) is 17.3 Å². The number of thioether (sulfide) groups is 1. The van der Waals surface area contributed by atoms with E-state index in [-0.39, 0.29) is 5.91 Å². The number of rotatable bonds is 3. The zero-order chi connectivity index (χ0) is 17.3. The normalized spacial score (nSPS) is 16.1. The molecule has 2 aromatic rings. The summed E-state index contributed by atoms with van der Waals surface area (Å²) in [6, 6.07) is 13.5. The van der Waals surface area contributed by atoms with Gasteiger partial charge in [-0.25, -0.2) is 0 Å². The van der Waals surface area contributed by atoms with Crippen LogP contribution in [0.4, 0.5) is 5.69 Å². The van der Waals surface area contributed by atoms with Crippen molar-refractivity contribution in [2.24, 2.45) is 0 Å². The zero-order valence-electron chi connectivity index (χ0n) is 12.5. The van der Waals surface area contributed by atoms with E-state index in [2.05, 4.69) is 45.2 Å². The zero-order valence-corrected chi connectivity index (χ0v) is 18.4. The second-order valence-electron chi connectivity index (χ2n) is 4.86. The van der Waals surface area contributed by atoms with Crippen molar-refractivity contribution in [1.82, 2.24) is 0 Å². The molecule has 0 bridgehead atoms. The van der Waals surface area contributed by atoms with Gasteiger partial charge in [0.25, 0.3) is 5.91 Å². The molecule has 7 heteroatoms. The molecule has 0 spiro atoms. The van der Waals surface area contributed by atoms with Gasteiger partial charge in [-0.1, -0.05) is 42.2 Å². The van der Waals surface area contributed by atoms with Crippen LogP contribution in [0, 0.1) is 7.14 Å². The van der Waals surface area contributed by atoms with E-state index in [1.807, 2.05) is 48.5 Å². The fourth-order valence-electron chi connectivity index (χ4n) is 2.31. The van der Waals surface area contributed by atoms with Gasteiger partial charge in [0, 0.05) is 9.13 Å². The molecule has 3 nitrogen and oxygen atoms in total. The number of thiocarbonyl (C=S) groups is 1. The van der Waals surface area contributed by atoms with E-state index < -0.39 is 0 Å². The summed E-state index contributed by atoms with van der Waals surface area (Å²) in [6.45, 7) is 0. The molecule has 1 aliphatic rings. The number of carbonyl (C=O) groups excluding carboxylic acids is 1. The molecule has 122 valence electrons. The quantitative estimate of drug-likeness (QED) is 0.280. The standard InChI is InChI=1S/C17H11I2NO2S2/c1-22-15-10(7-11(18)9-13(15)19)8-14-16(21)20(17(23)24-14)12-5-3-2-4-6-12/h2-9H,1H3. The van der Waals surface area contributed by atoms with E-state index in [4.69, 9.17) is 17.0 Å². The van der Waals surface area contributed by atoms with Gasteiger partial charge in [-0.15, -0.1) is 0 Å². The molecule has 1 saturated heterocycles. The predicted octanol–water partition coefficient (Wildman–Crippen LogP) is 5.31. The Balaban J connectivity index is 2.01. The Hall–Kier alpha value is -0.650. The maximum absolute atomic E-state index is 12.8. The van der Waals surface area contributed by atoms with E-state index in [1.165, 1.54) is 11.8 Å². The summed E-state index contributed by atoms with van der Waals surface area (Å²) in [6.07, 6.45) is 1.85. The maximum atomic E-state index is 12.8. The minimum Gasteiger partial charge on any atom is -0.495 e. The molecule has 1 amide bonds. The third-order valence-corrected chi connectivity index (χ3v) is 6.06. The first-order valence-corrected chi connectivity index (χ1v) is 10.3. The Morgan fingerprint density at radius 1 is 1.21 bits per heavy atom. The van der Waals surface area contributed by atoms with Gasteiger partial charge in [0.2, 0.25) is 0 Å². The van der Waals surface area contributed by atoms with Gasteiger partial charge in [-0.05, 0) is 75.5 Å². The van der Waals surface area contributed by atoms with Crippen LogP contribution in [0.1, 0.15) is 5.56 Å². The molecular formula is C17H11I2NO2S2. The number of benzene rings is 2. The molecule has 1 aliphatic heterocycles. The maximum Gasteiger partial charge on any atom is 0.270 e. The first-order chi connectivity index (χ1) is 11.5. The van der Waals surface area contributed by atoms with Crippen LogP contribution in [0.3, 0.4) is 0 Å². The lowest BCUT2D eigenvalue weighted by Gasteiger charge is -2.14. The molecule has 24 heavy (non-hydrogen) atoms. The fraction of sp³-hybridized carbons (Fsp3) is 0.0588. The molecule has 3 rings (SSSR count). The number of hydrogen-bond acceptors (Lipinski definition) is 4. The number of methoxy groups -OCH3 is 1. The number of ether oxygens (including phenoxy) is 1. The molecule has 0 saturated carbocycles. The van der Waals surface area contributed by atoms with Crippen molar-refractivity contribution < 1.29 is 9.53 Å². The van der Waals surface area contributed by atoms with Crippen LogP contribution in [-0.2, 0) is 4.79 Å². The van der Waals surface area contributed by atoms with Crippen molar-refractivity contribution in [2.75, 3.05) is 12.0 Å². The van der Waals surface area contributed by atoms with Gasteiger partial charge in [-0.3, -0.25) is 9.69 Å². The number of carbonyl (C=O) groups is 1. The summed E-state index contributed by atoms with van der Waals surface area (Å²) < 4.78 is 8.12. The Morgan fingerprint density at radius 3 is 2.58 bits per heavy atom. The van der Waals surface area contributed by atoms with Crippen LogP contribution in [0.2, 0.25) is 0 Å². The molecule has 1 fully saturated rings. The summed E-state index contributed by atoms with van der Waals surface area (Å²) in [5.41, 5.74) is 1.66. The van der Waals surface area contributed by atoms with Crippen molar-refractivity contribution in [2.45, 2.75) is 0 Å². The summed E-state index contributed by atoms with van der Waals surface area (Å²) in [5.74, 6) is 0.660. The first kappa shape index (κ1) is 18.2. The molecule has 0 radical (unpaired) electrons. The number of anilines is 1. The topological polar surface area (TPSA) is 29.5 Å². The van der Waals surface area contributed by atoms with E-state index in [9.17, 15) is 4.79 Å². The Kier molecular flexibility index (Phi) is 5.83.